The molecule has 122 valence electrons. The topological polar surface area (TPSA) is 57.7 Å². The maximum Gasteiger partial charge on any atom is 0.224 e. The molecule has 0 aromatic heterocycles. The molecule has 2 heterocycles. The summed E-state index contributed by atoms with van der Waals surface area (Å²) in [6.07, 6.45) is 3.61. The summed E-state index contributed by atoms with van der Waals surface area (Å²) in [5, 5.41) is 0. The van der Waals surface area contributed by atoms with Gasteiger partial charge in [-0.1, -0.05) is 6.92 Å². The minimum absolute atomic E-state index is 0.104. The monoisotopic (exact) mass is 316 g/mol. The molecule has 0 radical (unpaired) electrons. The standard InChI is InChI=1S/C15H28N2O3S/c1-3-17(14-7-10-21(19,20)12-14)15(18)6-9-16-8-4-5-13(2)11-16/h13-14H,3-12H2,1-2H3. The lowest BCUT2D eigenvalue weighted by Crippen LogP contribution is -2.43. The van der Waals surface area contributed by atoms with Crippen LogP contribution in [-0.4, -0.2) is 67.9 Å². The van der Waals surface area contributed by atoms with Crippen molar-refractivity contribution in [2.75, 3.05) is 37.7 Å². The van der Waals surface area contributed by atoms with Gasteiger partial charge in [0.1, 0.15) is 0 Å². The number of carbonyl (C=O) groups is 1. The van der Waals surface area contributed by atoms with Gasteiger partial charge in [-0.15, -0.1) is 0 Å². The minimum atomic E-state index is -2.93. The normalized spacial score (nSPS) is 29.4. The van der Waals surface area contributed by atoms with E-state index in [0.29, 0.717) is 19.4 Å². The van der Waals surface area contributed by atoms with Crippen molar-refractivity contribution < 1.29 is 13.2 Å². The molecule has 2 aliphatic heterocycles. The van der Waals surface area contributed by atoms with Crippen LogP contribution in [0, 0.1) is 5.92 Å². The van der Waals surface area contributed by atoms with Crippen molar-refractivity contribution in [3.63, 3.8) is 0 Å². The molecule has 2 saturated heterocycles. The van der Waals surface area contributed by atoms with Gasteiger partial charge in [-0.25, -0.2) is 8.42 Å². The van der Waals surface area contributed by atoms with E-state index in [1.54, 1.807) is 4.90 Å². The number of amides is 1. The van der Waals surface area contributed by atoms with Crippen LogP contribution in [0.15, 0.2) is 0 Å². The molecule has 0 spiro atoms. The second-order valence-corrected chi connectivity index (χ2v) is 8.76. The molecule has 2 atom stereocenters. The van der Waals surface area contributed by atoms with Crippen LogP contribution in [0.3, 0.4) is 0 Å². The van der Waals surface area contributed by atoms with E-state index in [1.807, 2.05) is 6.92 Å². The predicted octanol–water partition coefficient (Wildman–Crippen LogP) is 1.14. The molecular formula is C15H28N2O3S. The van der Waals surface area contributed by atoms with Crippen molar-refractivity contribution in [2.45, 2.75) is 45.6 Å². The zero-order chi connectivity index (χ0) is 15.5. The number of sulfone groups is 1. The summed E-state index contributed by atoms with van der Waals surface area (Å²) in [5.74, 6) is 1.20. The van der Waals surface area contributed by atoms with Crippen LogP contribution in [0.2, 0.25) is 0 Å². The lowest BCUT2D eigenvalue weighted by Gasteiger charge is -2.32. The molecular weight excluding hydrogens is 288 g/mol. The van der Waals surface area contributed by atoms with Gasteiger partial charge in [0, 0.05) is 32.1 Å². The summed E-state index contributed by atoms with van der Waals surface area (Å²) in [7, 11) is -2.93. The Kier molecular flexibility index (Phi) is 5.66. The summed E-state index contributed by atoms with van der Waals surface area (Å²) in [4.78, 5) is 16.5. The Hall–Kier alpha value is -0.620. The number of nitrogens with zero attached hydrogens (tertiary/aromatic N) is 2. The second kappa shape index (κ2) is 7.09. The van der Waals surface area contributed by atoms with E-state index in [0.717, 1.165) is 25.6 Å². The Morgan fingerprint density at radius 2 is 2.10 bits per heavy atom. The number of likely N-dealkylation sites (tertiary alicyclic amines) is 1. The van der Waals surface area contributed by atoms with E-state index in [-0.39, 0.29) is 23.5 Å². The van der Waals surface area contributed by atoms with Crippen molar-refractivity contribution in [3.8, 4) is 0 Å². The summed E-state index contributed by atoms with van der Waals surface area (Å²) in [6, 6.07) is -0.104. The molecule has 0 aromatic rings. The Morgan fingerprint density at radius 3 is 2.67 bits per heavy atom. The Morgan fingerprint density at radius 1 is 1.33 bits per heavy atom. The van der Waals surface area contributed by atoms with Crippen LogP contribution in [0.4, 0.5) is 0 Å². The lowest BCUT2D eigenvalue weighted by molar-refractivity contribution is -0.133. The van der Waals surface area contributed by atoms with Crippen molar-refractivity contribution in [3.05, 3.63) is 0 Å². The Bertz CT molecular complexity index is 464. The van der Waals surface area contributed by atoms with Gasteiger partial charge in [0.05, 0.1) is 11.5 Å². The predicted molar refractivity (Wildman–Crippen MR) is 83.9 cm³/mol. The van der Waals surface area contributed by atoms with Gasteiger partial charge in [-0.05, 0) is 38.6 Å². The quantitative estimate of drug-likeness (QED) is 0.763. The molecule has 0 aromatic carbocycles. The zero-order valence-corrected chi connectivity index (χ0v) is 14.1. The molecule has 0 bridgehead atoms. The van der Waals surface area contributed by atoms with Crippen molar-refractivity contribution in [1.82, 2.24) is 9.80 Å². The summed E-state index contributed by atoms with van der Waals surface area (Å²) < 4.78 is 23.2. The van der Waals surface area contributed by atoms with Gasteiger partial charge >= 0.3 is 0 Å². The minimum Gasteiger partial charge on any atom is -0.339 e. The van der Waals surface area contributed by atoms with Crippen molar-refractivity contribution >= 4 is 15.7 Å². The summed E-state index contributed by atoms with van der Waals surface area (Å²) in [5.41, 5.74) is 0. The van der Waals surface area contributed by atoms with E-state index in [9.17, 15) is 13.2 Å². The SMILES string of the molecule is CCN(C(=O)CCN1CCCC(C)C1)C1CCS(=O)(=O)C1. The fourth-order valence-corrected chi connectivity index (χ4v) is 5.28. The number of carbonyl (C=O) groups excluding carboxylic acids is 1. The fourth-order valence-electron chi connectivity index (χ4n) is 3.55. The third-order valence-corrected chi connectivity index (χ3v) is 6.44. The average Bonchev–Trinajstić information content (AvgIpc) is 2.77. The number of piperidine rings is 1. The van der Waals surface area contributed by atoms with E-state index in [1.165, 1.54) is 12.8 Å². The molecule has 6 heteroatoms. The largest absolute Gasteiger partial charge is 0.339 e. The third kappa shape index (κ3) is 4.68. The third-order valence-electron chi connectivity index (χ3n) is 4.69. The Balaban J connectivity index is 1.83. The van der Waals surface area contributed by atoms with Gasteiger partial charge in [0.25, 0.3) is 0 Å². The zero-order valence-electron chi connectivity index (χ0n) is 13.3. The molecule has 5 nitrogen and oxygen atoms in total. The Labute approximate surface area is 128 Å². The first kappa shape index (κ1) is 16.7. The van der Waals surface area contributed by atoms with Gasteiger partial charge in [-0.2, -0.15) is 0 Å². The molecule has 2 unspecified atom stereocenters. The maximum atomic E-state index is 12.4. The van der Waals surface area contributed by atoms with Crippen LogP contribution < -0.4 is 0 Å². The summed E-state index contributed by atoms with van der Waals surface area (Å²) >= 11 is 0. The van der Waals surface area contributed by atoms with Gasteiger partial charge in [0.2, 0.25) is 5.91 Å². The first-order valence-corrected chi connectivity index (χ1v) is 9.95. The highest BCUT2D eigenvalue weighted by atomic mass is 32.2. The second-order valence-electron chi connectivity index (χ2n) is 6.53. The van der Waals surface area contributed by atoms with E-state index >= 15 is 0 Å². The number of hydrogen-bond donors (Lipinski definition) is 0. The molecule has 21 heavy (non-hydrogen) atoms. The molecule has 0 saturated carbocycles. The van der Waals surface area contributed by atoms with Crippen LogP contribution in [-0.2, 0) is 14.6 Å². The van der Waals surface area contributed by atoms with E-state index in [4.69, 9.17) is 0 Å². The first-order chi connectivity index (χ1) is 9.91. The van der Waals surface area contributed by atoms with Gasteiger partial charge in [-0.3, -0.25) is 4.79 Å². The van der Waals surface area contributed by atoms with Crippen molar-refractivity contribution in [1.29, 1.82) is 0 Å². The molecule has 0 aliphatic carbocycles. The first-order valence-electron chi connectivity index (χ1n) is 8.13. The van der Waals surface area contributed by atoms with E-state index < -0.39 is 9.84 Å². The van der Waals surface area contributed by atoms with Crippen LogP contribution in [0.5, 0.6) is 0 Å². The fraction of sp³-hybridized carbons (Fsp3) is 0.933. The highest BCUT2D eigenvalue weighted by Gasteiger charge is 2.33. The highest BCUT2D eigenvalue weighted by Crippen LogP contribution is 2.19. The van der Waals surface area contributed by atoms with Crippen LogP contribution in [0.1, 0.15) is 39.5 Å². The van der Waals surface area contributed by atoms with Gasteiger partial charge in [0.15, 0.2) is 9.84 Å². The number of rotatable bonds is 5. The van der Waals surface area contributed by atoms with E-state index in [2.05, 4.69) is 11.8 Å². The highest BCUT2D eigenvalue weighted by molar-refractivity contribution is 7.91. The molecule has 2 fully saturated rings. The number of hydrogen-bond acceptors (Lipinski definition) is 4. The molecule has 0 N–H and O–H groups in total. The van der Waals surface area contributed by atoms with Crippen molar-refractivity contribution in [2.24, 2.45) is 5.92 Å². The smallest absolute Gasteiger partial charge is 0.224 e. The van der Waals surface area contributed by atoms with Gasteiger partial charge < -0.3 is 9.80 Å². The summed E-state index contributed by atoms with van der Waals surface area (Å²) in [6.45, 7) is 7.77. The molecule has 2 aliphatic rings. The molecule has 1 amide bonds. The van der Waals surface area contributed by atoms with Crippen LogP contribution >= 0.6 is 0 Å². The molecule has 2 rings (SSSR count). The maximum absolute atomic E-state index is 12.4. The average molecular weight is 316 g/mol. The van der Waals surface area contributed by atoms with Crippen LogP contribution in [0.25, 0.3) is 0 Å². The lowest BCUT2D eigenvalue weighted by atomic mass is 10.0.